The van der Waals surface area contributed by atoms with Gasteiger partial charge >= 0.3 is 0 Å². The monoisotopic (exact) mass is 408 g/mol. The van der Waals surface area contributed by atoms with Crippen molar-refractivity contribution in [3.05, 3.63) is 52.9 Å². The van der Waals surface area contributed by atoms with Gasteiger partial charge in [-0.1, -0.05) is 18.2 Å². The van der Waals surface area contributed by atoms with E-state index < -0.39 is 0 Å². The molecule has 0 radical (unpaired) electrons. The average Bonchev–Trinajstić information content (AvgIpc) is 3.22. The molecule has 0 aliphatic carbocycles. The Labute approximate surface area is 174 Å². The van der Waals surface area contributed by atoms with E-state index in [1.54, 1.807) is 6.07 Å². The Balaban J connectivity index is 1.49. The number of likely N-dealkylation sites (tertiary alicyclic amines) is 1. The lowest BCUT2D eigenvalue weighted by molar-refractivity contribution is 0.0940. The first kappa shape index (κ1) is 19.6. The third-order valence-electron chi connectivity index (χ3n) is 5.54. The van der Waals surface area contributed by atoms with Gasteiger partial charge in [-0.25, -0.2) is 0 Å². The maximum atomic E-state index is 12.6. The number of nitrogens with zero attached hydrogens (tertiary/aromatic N) is 1. The molecular formula is C23H24N2O3S. The largest absolute Gasteiger partial charge is 0.507 e. The average molecular weight is 409 g/mol. The fourth-order valence-electron chi connectivity index (χ4n) is 4.00. The van der Waals surface area contributed by atoms with Crippen LogP contribution in [-0.2, 0) is 0 Å². The number of benzene rings is 2. The minimum atomic E-state index is -0.0246. The fourth-order valence-corrected chi connectivity index (χ4v) is 4.92. The number of piperidine rings is 1. The van der Waals surface area contributed by atoms with Gasteiger partial charge in [0.05, 0.1) is 10.4 Å². The first-order valence-corrected chi connectivity index (χ1v) is 10.6. The molecule has 0 saturated carbocycles. The fraction of sp³-hybridized carbons (Fsp3) is 0.304. The number of nitrogens with one attached hydrogen (secondary N) is 1. The SMILES string of the molecule is CN1CCCC(CNC(=O)c2ccc(-c3ccc4c(C=O)c(O)ccc4c3)s2)C1. The summed E-state index contributed by atoms with van der Waals surface area (Å²) < 4.78 is 0. The number of carbonyl (C=O) groups is 2. The number of aldehydes is 1. The summed E-state index contributed by atoms with van der Waals surface area (Å²) in [6.45, 7) is 2.88. The third kappa shape index (κ3) is 4.18. The number of rotatable bonds is 5. The first-order chi connectivity index (χ1) is 14.0. The molecule has 5 nitrogen and oxygen atoms in total. The second-order valence-electron chi connectivity index (χ2n) is 7.70. The molecule has 1 aromatic heterocycles. The molecule has 1 aliphatic rings. The maximum absolute atomic E-state index is 12.6. The highest BCUT2D eigenvalue weighted by molar-refractivity contribution is 7.17. The van der Waals surface area contributed by atoms with Crippen LogP contribution in [0.2, 0.25) is 0 Å². The van der Waals surface area contributed by atoms with Gasteiger partial charge < -0.3 is 15.3 Å². The quantitative estimate of drug-likeness (QED) is 0.622. The number of carbonyl (C=O) groups excluding carboxylic acids is 2. The Kier molecular flexibility index (Phi) is 5.65. The summed E-state index contributed by atoms with van der Waals surface area (Å²) in [6.07, 6.45) is 3.02. The Morgan fingerprint density at radius 2 is 2.14 bits per heavy atom. The summed E-state index contributed by atoms with van der Waals surface area (Å²) in [7, 11) is 2.13. The number of amides is 1. The molecule has 1 unspecified atom stereocenters. The highest BCUT2D eigenvalue weighted by Crippen LogP contribution is 2.33. The molecule has 2 aromatic carbocycles. The molecule has 1 saturated heterocycles. The van der Waals surface area contributed by atoms with Crippen molar-refractivity contribution in [3.63, 3.8) is 0 Å². The summed E-state index contributed by atoms with van der Waals surface area (Å²) in [6, 6.07) is 12.9. The van der Waals surface area contributed by atoms with Gasteiger partial charge in [-0.05, 0) is 73.0 Å². The van der Waals surface area contributed by atoms with Crippen molar-refractivity contribution >= 4 is 34.3 Å². The molecular weight excluding hydrogens is 384 g/mol. The zero-order valence-corrected chi connectivity index (χ0v) is 17.2. The topological polar surface area (TPSA) is 69.6 Å². The molecule has 29 heavy (non-hydrogen) atoms. The lowest BCUT2D eigenvalue weighted by atomic mass is 9.98. The highest BCUT2D eigenvalue weighted by Gasteiger charge is 2.19. The second kappa shape index (κ2) is 8.35. The molecule has 150 valence electrons. The smallest absolute Gasteiger partial charge is 0.261 e. The summed E-state index contributed by atoms with van der Waals surface area (Å²) in [5, 5.41) is 14.5. The zero-order chi connectivity index (χ0) is 20.4. The van der Waals surface area contributed by atoms with Crippen molar-refractivity contribution in [1.82, 2.24) is 10.2 Å². The van der Waals surface area contributed by atoms with Gasteiger partial charge in [-0.3, -0.25) is 9.59 Å². The van der Waals surface area contributed by atoms with Gasteiger partial charge in [0.15, 0.2) is 6.29 Å². The van der Waals surface area contributed by atoms with Crippen LogP contribution in [0.25, 0.3) is 21.2 Å². The van der Waals surface area contributed by atoms with Crippen LogP contribution >= 0.6 is 11.3 Å². The minimum absolute atomic E-state index is 0.0144. The molecule has 2 N–H and O–H groups in total. The van der Waals surface area contributed by atoms with Crippen LogP contribution in [0.4, 0.5) is 0 Å². The van der Waals surface area contributed by atoms with E-state index in [1.165, 1.54) is 23.8 Å². The van der Waals surface area contributed by atoms with E-state index in [-0.39, 0.29) is 11.7 Å². The maximum Gasteiger partial charge on any atom is 0.261 e. The molecule has 1 fully saturated rings. The molecule has 0 spiro atoms. The van der Waals surface area contributed by atoms with Crippen LogP contribution in [0.15, 0.2) is 42.5 Å². The van der Waals surface area contributed by atoms with Gasteiger partial charge in [0.1, 0.15) is 5.75 Å². The Bertz CT molecular complexity index is 1060. The van der Waals surface area contributed by atoms with Crippen molar-refractivity contribution in [3.8, 4) is 16.2 Å². The van der Waals surface area contributed by atoms with Crippen LogP contribution < -0.4 is 5.32 Å². The second-order valence-corrected chi connectivity index (χ2v) is 8.78. The molecule has 0 bridgehead atoms. The van der Waals surface area contributed by atoms with E-state index in [2.05, 4.69) is 17.3 Å². The highest BCUT2D eigenvalue weighted by atomic mass is 32.1. The van der Waals surface area contributed by atoms with Crippen molar-refractivity contribution in [2.24, 2.45) is 5.92 Å². The van der Waals surface area contributed by atoms with Crippen LogP contribution in [0.3, 0.4) is 0 Å². The summed E-state index contributed by atoms with van der Waals surface area (Å²) in [4.78, 5) is 27.8. The minimum Gasteiger partial charge on any atom is -0.507 e. The third-order valence-corrected chi connectivity index (χ3v) is 6.68. The predicted molar refractivity (Wildman–Crippen MR) is 117 cm³/mol. The van der Waals surface area contributed by atoms with Crippen molar-refractivity contribution < 1.29 is 14.7 Å². The molecule has 4 rings (SSSR count). The van der Waals surface area contributed by atoms with Crippen molar-refractivity contribution in [2.45, 2.75) is 12.8 Å². The van der Waals surface area contributed by atoms with E-state index in [0.29, 0.717) is 29.2 Å². The van der Waals surface area contributed by atoms with Gasteiger partial charge in [0, 0.05) is 18.0 Å². The lowest BCUT2D eigenvalue weighted by Gasteiger charge is -2.29. The van der Waals surface area contributed by atoms with Crippen LogP contribution in [-0.4, -0.2) is 48.9 Å². The number of hydrogen-bond donors (Lipinski definition) is 2. The molecule has 2 heterocycles. The number of thiophene rings is 1. The van der Waals surface area contributed by atoms with Crippen molar-refractivity contribution in [1.29, 1.82) is 0 Å². The van der Waals surface area contributed by atoms with E-state index in [1.807, 2.05) is 30.3 Å². The first-order valence-electron chi connectivity index (χ1n) is 9.83. The predicted octanol–water partition coefficient (Wildman–Crippen LogP) is 4.16. The number of phenolic OH excluding ortho intramolecular Hbond substituents is 1. The lowest BCUT2D eigenvalue weighted by Crippen LogP contribution is -2.38. The standard InChI is InChI=1S/C23H24N2O3S/c1-25-10-2-3-15(13-25)12-24-23(28)22-9-8-21(29-22)17-4-6-18-16(11-17)5-7-20(27)19(18)14-26/h4-9,11,14-15,27H,2-3,10,12-13H2,1H3,(H,24,28). The van der Waals surface area contributed by atoms with Gasteiger partial charge in [-0.2, -0.15) is 0 Å². The molecule has 1 atom stereocenters. The van der Waals surface area contributed by atoms with E-state index in [4.69, 9.17) is 0 Å². The normalized spacial score (nSPS) is 17.3. The molecule has 1 aliphatic heterocycles. The van der Waals surface area contributed by atoms with Crippen molar-refractivity contribution in [2.75, 3.05) is 26.7 Å². The summed E-state index contributed by atoms with van der Waals surface area (Å²) in [5.74, 6) is 0.476. The molecule has 6 heteroatoms. The van der Waals surface area contributed by atoms with Gasteiger partial charge in [-0.15, -0.1) is 11.3 Å². The number of hydrogen-bond acceptors (Lipinski definition) is 5. The Morgan fingerprint density at radius 1 is 1.28 bits per heavy atom. The number of fused-ring (bicyclic) bond motifs is 1. The van der Waals surface area contributed by atoms with Gasteiger partial charge in [0.25, 0.3) is 5.91 Å². The molecule has 3 aromatic rings. The van der Waals surface area contributed by atoms with Crippen LogP contribution in [0.1, 0.15) is 32.9 Å². The number of phenols is 1. The van der Waals surface area contributed by atoms with E-state index in [0.717, 1.165) is 40.7 Å². The van der Waals surface area contributed by atoms with Gasteiger partial charge in [0.2, 0.25) is 0 Å². The zero-order valence-electron chi connectivity index (χ0n) is 16.4. The van der Waals surface area contributed by atoms with Crippen LogP contribution in [0.5, 0.6) is 5.75 Å². The molecule has 1 amide bonds. The number of aromatic hydroxyl groups is 1. The summed E-state index contributed by atoms with van der Waals surface area (Å²) in [5.41, 5.74) is 1.28. The Morgan fingerprint density at radius 3 is 2.93 bits per heavy atom. The Hall–Kier alpha value is -2.70. The van der Waals surface area contributed by atoms with Crippen LogP contribution in [0, 0.1) is 5.92 Å². The van der Waals surface area contributed by atoms with E-state index in [9.17, 15) is 14.7 Å². The summed E-state index contributed by atoms with van der Waals surface area (Å²) >= 11 is 1.46. The van der Waals surface area contributed by atoms with E-state index >= 15 is 0 Å².